The van der Waals surface area contributed by atoms with E-state index in [1.807, 2.05) is 81.6 Å². The van der Waals surface area contributed by atoms with Crippen LogP contribution in [0.2, 0.25) is 10.0 Å². The molecule has 1 amide bonds. The molecule has 0 spiro atoms. The first kappa shape index (κ1) is 33.0. The molecule has 0 saturated carbocycles. The highest BCUT2D eigenvalue weighted by molar-refractivity contribution is 6.35. The van der Waals surface area contributed by atoms with Gasteiger partial charge in [-0.1, -0.05) is 41.4 Å². The Balaban J connectivity index is 1.35. The second-order valence-corrected chi connectivity index (χ2v) is 13.9. The average Bonchev–Trinajstić information content (AvgIpc) is 3.62. The molecule has 1 aliphatic carbocycles. The van der Waals surface area contributed by atoms with Crippen molar-refractivity contribution in [3.63, 3.8) is 0 Å². The third-order valence-electron chi connectivity index (χ3n) is 10.0. The number of halogens is 2. The van der Waals surface area contributed by atoms with Gasteiger partial charge in [0.05, 0.1) is 28.4 Å². The number of aromatic nitrogens is 3. The lowest BCUT2D eigenvalue weighted by Gasteiger charge is -2.30. The van der Waals surface area contributed by atoms with Gasteiger partial charge in [0.15, 0.2) is 0 Å². The van der Waals surface area contributed by atoms with E-state index in [2.05, 4.69) is 10.6 Å². The van der Waals surface area contributed by atoms with Crippen molar-refractivity contribution in [2.75, 3.05) is 6.61 Å². The van der Waals surface area contributed by atoms with Gasteiger partial charge in [0.2, 0.25) is 0 Å². The Hall–Kier alpha value is -4.53. The number of aryl methyl sites for hydroxylation is 6. The number of rotatable bonds is 8. The van der Waals surface area contributed by atoms with Gasteiger partial charge in [0.1, 0.15) is 17.6 Å². The minimum Gasteiger partial charge on any atom is -0.494 e. The van der Waals surface area contributed by atoms with Crippen LogP contribution in [0.3, 0.4) is 0 Å². The first-order valence-electron chi connectivity index (χ1n) is 16.5. The molecule has 7 rings (SSSR count). The van der Waals surface area contributed by atoms with Gasteiger partial charge < -0.3 is 14.4 Å². The fraction of sp³-hybridized carbons (Fsp3) is 0.308. The number of nitrogens with zero attached hydrogens (tertiary/aromatic N) is 4. The van der Waals surface area contributed by atoms with Gasteiger partial charge in [-0.05, 0) is 113 Å². The zero-order valence-electron chi connectivity index (χ0n) is 28.4. The van der Waals surface area contributed by atoms with E-state index in [9.17, 15) is 14.7 Å². The Morgan fingerprint density at radius 1 is 1.04 bits per heavy atom. The summed E-state index contributed by atoms with van der Waals surface area (Å²) in [4.78, 5) is 28.6. The number of amides is 1. The Morgan fingerprint density at radius 3 is 2.45 bits per heavy atom. The van der Waals surface area contributed by atoms with Crippen molar-refractivity contribution in [1.82, 2.24) is 19.2 Å². The third-order valence-corrected chi connectivity index (χ3v) is 11.0. The van der Waals surface area contributed by atoms with Gasteiger partial charge >= 0.3 is 5.97 Å². The summed E-state index contributed by atoms with van der Waals surface area (Å²) < 4.78 is 10.2. The van der Waals surface area contributed by atoms with E-state index in [-0.39, 0.29) is 11.5 Å². The van der Waals surface area contributed by atoms with Crippen molar-refractivity contribution in [3.05, 3.63) is 109 Å². The predicted molar refractivity (Wildman–Crippen MR) is 194 cm³/mol. The maximum Gasteiger partial charge on any atom is 0.335 e. The molecule has 10 heteroatoms. The maximum atomic E-state index is 14.8. The van der Waals surface area contributed by atoms with E-state index in [0.717, 1.165) is 90.5 Å². The molecule has 0 saturated heterocycles. The van der Waals surface area contributed by atoms with Gasteiger partial charge in [-0.3, -0.25) is 14.4 Å². The number of fused-ring (bicyclic) bond motifs is 4. The fourth-order valence-corrected chi connectivity index (χ4v) is 8.04. The number of carbonyl (C=O) groups excluding carboxylic acids is 1. The lowest BCUT2D eigenvalue weighted by atomic mass is 9.91. The minimum atomic E-state index is -0.999. The van der Waals surface area contributed by atoms with E-state index in [4.69, 9.17) is 33.0 Å². The third kappa shape index (κ3) is 5.33. The lowest BCUT2D eigenvalue weighted by Crippen LogP contribution is -2.28. The van der Waals surface area contributed by atoms with Gasteiger partial charge in [0.25, 0.3) is 5.91 Å². The normalized spacial score (nSPS) is 15.5. The Bertz CT molecular complexity index is 2220. The summed E-state index contributed by atoms with van der Waals surface area (Å²) in [6, 6.07) is 13.0. The van der Waals surface area contributed by atoms with Gasteiger partial charge in [0, 0.05) is 45.5 Å². The molecule has 1 N–H and O–H groups in total. The fourth-order valence-electron chi connectivity index (χ4n) is 7.68. The first-order chi connectivity index (χ1) is 23.4. The summed E-state index contributed by atoms with van der Waals surface area (Å²) in [5.41, 5.74) is 10.7. The van der Waals surface area contributed by atoms with Crippen LogP contribution >= 0.6 is 23.2 Å². The van der Waals surface area contributed by atoms with Crippen LogP contribution in [-0.4, -0.2) is 42.8 Å². The second kappa shape index (κ2) is 12.4. The second-order valence-electron chi connectivity index (χ2n) is 13.1. The molecular formula is C39H38Cl2N4O4. The minimum absolute atomic E-state index is 0.120. The number of carbonyl (C=O) groups is 2. The smallest absolute Gasteiger partial charge is 0.335 e. The van der Waals surface area contributed by atoms with Crippen LogP contribution in [0.15, 0.2) is 48.5 Å². The number of benzene rings is 3. The molecule has 3 heterocycles. The topological polar surface area (TPSA) is 89.6 Å². The van der Waals surface area contributed by atoms with Crippen molar-refractivity contribution in [2.45, 2.75) is 66.5 Å². The van der Waals surface area contributed by atoms with E-state index in [0.29, 0.717) is 30.2 Å². The van der Waals surface area contributed by atoms with Gasteiger partial charge in [-0.25, -0.2) is 4.79 Å². The summed E-state index contributed by atoms with van der Waals surface area (Å²) in [6.45, 7) is 10.4. The maximum absolute atomic E-state index is 14.8. The Labute approximate surface area is 295 Å². The van der Waals surface area contributed by atoms with Crippen LogP contribution < -0.4 is 4.74 Å². The largest absolute Gasteiger partial charge is 0.494 e. The highest BCUT2D eigenvalue weighted by Gasteiger charge is 2.42. The number of carboxylic acid groups (broad SMARTS) is 1. The molecule has 1 aliphatic heterocycles. The quantitative estimate of drug-likeness (QED) is 0.163. The molecule has 0 fully saturated rings. The zero-order valence-corrected chi connectivity index (χ0v) is 30.0. The van der Waals surface area contributed by atoms with E-state index < -0.39 is 12.1 Å². The monoisotopic (exact) mass is 696 g/mol. The molecule has 0 bridgehead atoms. The molecule has 1 atom stereocenters. The van der Waals surface area contributed by atoms with Crippen molar-refractivity contribution in [2.24, 2.45) is 7.05 Å². The highest BCUT2D eigenvalue weighted by atomic mass is 35.5. The van der Waals surface area contributed by atoms with E-state index in [1.54, 1.807) is 12.1 Å². The number of aromatic carboxylic acids is 1. The molecule has 2 aromatic heterocycles. The van der Waals surface area contributed by atoms with Crippen LogP contribution in [0.1, 0.15) is 86.0 Å². The van der Waals surface area contributed by atoms with Crippen molar-refractivity contribution in [1.29, 1.82) is 0 Å². The zero-order chi connectivity index (χ0) is 34.9. The number of ether oxygens (including phenoxy) is 1. The van der Waals surface area contributed by atoms with Crippen LogP contribution in [0.5, 0.6) is 5.75 Å². The van der Waals surface area contributed by atoms with Crippen molar-refractivity contribution in [3.8, 4) is 16.9 Å². The molecule has 3 aromatic carbocycles. The SMILES string of the molecule is Cc1cc(OCCCc2c3n(c4c(-c5c(C)nn(C)c5C)c(Cl)ccc24)[C@H](C)N(C2=CCCc4ccc(C(=O)O)cc42)C3=O)cc(C)c1Cl. The summed E-state index contributed by atoms with van der Waals surface area (Å²) >= 11 is 13.5. The molecule has 49 heavy (non-hydrogen) atoms. The average molecular weight is 698 g/mol. The summed E-state index contributed by atoms with van der Waals surface area (Å²) in [7, 11) is 1.92. The standard InChI is InChI=1S/C39H38Cl2N4O4/c1-20-17-27(18-21(2)35(20)41)49-16-8-10-28-29-14-15-31(40)34(33-22(3)42-43(6)23(33)4)36(29)45-24(5)44(38(46)37(28)45)32-11-7-9-25-12-13-26(39(47)48)19-30(25)32/h11-15,17-19,24H,7-10,16H2,1-6H3,(H,47,48)/t24-/m1/s1. The van der Waals surface area contributed by atoms with E-state index in [1.165, 1.54) is 0 Å². The first-order valence-corrected chi connectivity index (χ1v) is 17.3. The number of allylic oxidation sites excluding steroid dienone is 1. The van der Waals surface area contributed by atoms with E-state index >= 15 is 0 Å². The molecular weight excluding hydrogens is 659 g/mol. The van der Waals surface area contributed by atoms with Gasteiger partial charge in [-0.2, -0.15) is 5.10 Å². The molecule has 8 nitrogen and oxygen atoms in total. The van der Waals surface area contributed by atoms with Crippen LogP contribution in [0.4, 0.5) is 0 Å². The Kier molecular flexibility index (Phi) is 8.36. The number of hydrogen-bond acceptors (Lipinski definition) is 4. The van der Waals surface area contributed by atoms with Crippen LogP contribution in [0.25, 0.3) is 27.7 Å². The predicted octanol–water partition coefficient (Wildman–Crippen LogP) is 9.25. The highest BCUT2D eigenvalue weighted by Crippen LogP contribution is 2.48. The summed E-state index contributed by atoms with van der Waals surface area (Å²) in [5.74, 6) is -0.353. The summed E-state index contributed by atoms with van der Waals surface area (Å²) in [6.07, 6.45) is 4.45. The molecule has 0 radical (unpaired) electrons. The molecule has 2 aliphatic rings. The lowest BCUT2D eigenvalue weighted by molar-refractivity contribution is 0.0696. The van der Waals surface area contributed by atoms with Crippen LogP contribution in [-0.2, 0) is 19.9 Å². The van der Waals surface area contributed by atoms with Crippen molar-refractivity contribution < 1.29 is 19.4 Å². The molecule has 0 unspecified atom stereocenters. The Morgan fingerprint density at radius 2 is 1.78 bits per heavy atom. The molecule has 252 valence electrons. The van der Waals surface area contributed by atoms with Crippen molar-refractivity contribution >= 4 is 51.7 Å². The number of carboxylic acids is 1. The summed E-state index contributed by atoms with van der Waals surface area (Å²) in [5, 5.41) is 16.8. The van der Waals surface area contributed by atoms with Crippen LogP contribution in [0, 0.1) is 27.7 Å². The molecule has 5 aromatic rings. The number of hydrogen-bond donors (Lipinski definition) is 1. The van der Waals surface area contributed by atoms with Gasteiger partial charge in [-0.15, -0.1) is 0 Å².